The van der Waals surface area contributed by atoms with Crippen LogP contribution in [0.3, 0.4) is 0 Å². The lowest BCUT2D eigenvalue weighted by molar-refractivity contribution is -0.318. The Morgan fingerprint density at radius 1 is 0.947 bits per heavy atom. The number of rotatable bonds is 16. The van der Waals surface area contributed by atoms with E-state index in [0.29, 0.717) is 32.5 Å². The van der Waals surface area contributed by atoms with E-state index in [1.54, 1.807) is 60.6 Å². The number of ether oxygens (including phenoxy) is 7. The summed E-state index contributed by atoms with van der Waals surface area (Å²) in [5, 5.41) is 71.6. The van der Waals surface area contributed by atoms with Crippen LogP contribution in [-0.2, 0) is 38.0 Å². The van der Waals surface area contributed by atoms with Crippen LogP contribution in [0.25, 0.3) is 0 Å². The fraction of sp³-hybridized carbons (Fsp3) is 0.836. The van der Waals surface area contributed by atoms with Gasteiger partial charge in [0.25, 0.3) is 0 Å². The second-order valence-corrected chi connectivity index (χ2v) is 23.6. The molecule has 0 bridgehead atoms. The van der Waals surface area contributed by atoms with Gasteiger partial charge in [-0.1, -0.05) is 32.9 Å². The normalized spacial score (nSPS) is 41.5. The van der Waals surface area contributed by atoms with Gasteiger partial charge in [0, 0.05) is 88.8 Å². The van der Waals surface area contributed by atoms with E-state index in [-0.39, 0.29) is 31.3 Å². The third-order valence-electron chi connectivity index (χ3n) is 17.4. The molecule has 4 saturated heterocycles. The quantitative estimate of drug-likeness (QED) is 0.111. The molecule has 0 radical (unpaired) electrons. The molecule has 5 aliphatic rings. The molecule has 436 valence electrons. The van der Waals surface area contributed by atoms with Gasteiger partial charge >= 0.3 is 5.97 Å². The Kier molecular flexibility index (Phi) is 21.5. The molecule has 0 spiro atoms. The van der Waals surface area contributed by atoms with E-state index in [1.807, 2.05) is 68.2 Å². The minimum Gasteiger partial charge on any atom is -0.459 e. The number of benzene rings is 1. The van der Waals surface area contributed by atoms with Crippen molar-refractivity contribution in [3.05, 3.63) is 41.7 Å². The molecular weight excluding hydrogens is 988 g/mol. The predicted octanol–water partition coefficient (Wildman–Crippen LogP) is 3.12. The molecule has 5 aliphatic heterocycles. The number of cyclic esters (lactones) is 1. The molecule has 0 amide bonds. The summed E-state index contributed by atoms with van der Waals surface area (Å²) in [6.45, 7) is 19.0. The number of nitrogens with one attached hydrogen (secondary N) is 2. The Hall–Kier alpha value is -2.84. The maximum Gasteiger partial charge on any atom is 0.311 e. The maximum atomic E-state index is 15.0. The van der Waals surface area contributed by atoms with E-state index in [9.17, 15) is 39.8 Å². The predicted molar refractivity (Wildman–Crippen MR) is 283 cm³/mol. The van der Waals surface area contributed by atoms with Crippen molar-refractivity contribution in [1.29, 1.82) is 0 Å². The van der Waals surface area contributed by atoms with E-state index < -0.39 is 127 Å². The fourth-order valence-electron chi connectivity index (χ4n) is 12.5. The number of hydrogen-bond donors (Lipinski definition) is 8. The number of β-amino-alcohol motifs (C(OH)–C–C–N with tert-alkyl or cyclic N) is 1. The number of carbonyl (C=O) groups is 1. The van der Waals surface area contributed by atoms with Crippen molar-refractivity contribution in [1.82, 2.24) is 25.8 Å². The highest BCUT2D eigenvalue weighted by Crippen LogP contribution is 2.41. The van der Waals surface area contributed by atoms with Gasteiger partial charge in [-0.05, 0) is 112 Å². The zero-order valence-corrected chi connectivity index (χ0v) is 47.7. The molecule has 0 aromatic heterocycles. The van der Waals surface area contributed by atoms with Crippen LogP contribution < -0.4 is 15.9 Å². The van der Waals surface area contributed by atoms with Gasteiger partial charge < -0.3 is 83.9 Å². The number of nitrogens with zero attached hydrogens (tertiary/aromatic N) is 4. The molecule has 6 rings (SSSR count). The molecule has 1 aromatic rings. The molecule has 8 N–H and O–H groups in total. The molecule has 20 nitrogen and oxygen atoms in total. The van der Waals surface area contributed by atoms with Crippen molar-refractivity contribution >= 4 is 11.7 Å². The van der Waals surface area contributed by atoms with Crippen molar-refractivity contribution in [3.8, 4) is 0 Å². The van der Waals surface area contributed by atoms with Crippen LogP contribution in [0.1, 0.15) is 119 Å². The minimum absolute atomic E-state index is 0.0866. The number of likely N-dealkylation sites (N-methyl/N-ethyl adjacent to an activating group) is 2. The average molecular weight is 1080 g/mol. The highest BCUT2D eigenvalue weighted by molar-refractivity contribution is 5.73. The highest BCUT2D eigenvalue weighted by Gasteiger charge is 2.53. The lowest BCUT2D eigenvalue weighted by atomic mass is 9.77. The van der Waals surface area contributed by atoms with Gasteiger partial charge in [-0.3, -0.25) is 9.80 Å². The molecule has 21 atom stereocenters. The lowest BCUT2D eigenvalue weighted by Crippen LogP contribution is -2.61. The number of alkyl halides is 1. The van der Waals surface area contributed by atoms with Gasteiger partial charge in [-0.15, -0.1) is 5.53 Å². The first kappa shape index (κ1) is 62.4. The van der Waals surface area contributed by atoms with E-state index in [2.05, 4.69) is 15.9 Å². The molecule has 0 saturated carbocycles. The van der Waals surface area contributed by atoms with Crippen molar-refractivity contribution < 1.29 is 73.0 Å². The van der Waals surface area contributed by atoms with Crippen LogP contribution in [-0.4, -0.2) is 215 Å². The Balaban J connectivity index is 1.24. The number of aliphatic hydroxyl groups is 6. The number of methoxy groups -OCH3 is 2. The van der Waals surface area contributed by atoms with E-state index in [1.165, 1.54) is 14.0 Å². The van der Waals surface area contributed by atoms with Crippen LogP contribution >= 0.6 is 0 Å². The summed E-state index contributed by atoms with van der Waals surface area (Å²) in [5.41, 5.74) is 4.29. The molecular formula is C55H95FN6O14. The van der Waals surface area contributed by atoms with Gasteiger partial charge in [0.2, 0.25) is 0 Å². The number of anilines is 1. The summed E-state index contributed by atoms with van der Waals surface area (Å²) in [6.07, 6.45) is -7.29. The van der Waals surface area contributed by atoms with Gasteiger partial charge in [0.05, 0.1) is 47.6 Å². The van der Waals surface area contributed by atoms with E-state index in [0.717, 1.165) is 29.9 Å². The molecule has 5 heterocycles. The number of esters is 1. The first-order valence-electron chi connectivity index (χ1n) is 27.6. The zero-order chi connectivity index (χ0) is 56.2. The van der Waals surface area contributed by atoms with Crippen molar-refractivity contribution in [2.24, 2.45) is 17.8 Å². The zero-order valence-electron chi connectivity index (χ0n) is 47.7. The van der Waals surface area contributed by atoms with Gasteiger partial charge in [0.1, 0.15) is 48.8 Å². The second kappa shape index (κ2) is 26.2. The summed E-state index contributed by atoms with van der Waals surface area (Å²) in [6, 6.07) is 6.05. The van der Waals surface area contributed by atoms with Gasteiger partial charge in [-0.2, -0.15) is 0 Å². The van der Waals surface area contributed by atoms with E-state index in [4.69, 9.17) is 33.2 Å². The number of halogens is 1. The molecule has 4 fully saturated rings. The summed E-state index contributed by atoms with van der Waals surface area (Å²) >= 11 is 0. The molecule has 21 heteroatoms. The monoisotopic (exact) mass is 1080 g/mol. The molecule has 0 unspecified atom stereocenters. The largest absolute Gasteiger partial charge is 0.459 e. The number of hydrazine groups is 2. The number of aliphatic hydroxyl groups excluding tert-OH is 4. The Morgan fingerprint density at radius 3 is 2.24 bits per heavy atom. The Bertz CT molecular complexity index is 2030. The molecule has 76 heavy (non-hydrogen) atoms. The molecule has 1 aromatic carbocycles. The van der Waals surface area contributed by atoms with Crippen molar-refractivity contribution in [2.75, 3.05) is 66.1 Å². The topological polar surface area (TPSA) is 240 Å². The highest BCUT2D eigenvalue weighted by atomic mass is 19.1. The SMILES string of the molecule is CC[C@H]1OC(=O)[C@H](C)[C@@H](O[C@H]2C[C@@](C)(OC)[C@@H](O)[C@H](C)O2)[C@H](C)[C@@H](O[C@@H]2O[C@H](C)C[C@H](N(C)CCC3=CN([C@H](CF)[C@H](OC)c4ccc(N5CC[C@H](O)C5)cc4)NN3)[C@H]2O)[C@](C)(O)C[C@@H](C)CN(C)[C@H](C)[C@@H](O)[C@]1(C)O. The maximum absolute atomic E-state index is 15.0. The van der Waals surface area contributed by atoms with Gasteiger partial charge in [0.15, 0.2) is 12.6 Å². The fourth-order valence-corrected chi connectivity index (χ4v) is 12.5. The van der Waals surface area contributed by atoms with Crippen LogP contribution in [0.4, 0.5) is 10.1 Å². The van der Waals surface area contributed by atoms with Crippen LogP contribution in [0.15, 0.2) is 36.2 Å². The summed E-state index contributed by atoms with van der Waals surface area (Å²) in [5.74, 6) is -2.86. The van der Waals surface area contributed by atoms with Crippen LogP contribution in [0, 0.1) is 17.8 Å². The average Bonchev–Trinajstić information content (AvgIpc) is 4.04. The van der Waals surface area contributed by atoms with Crippen LogP contribution in [0.2, 0.25) is 0 Å². The van der Waals surface area contributed by atoms with E-state index >= 15 is 0 Å². The van der Waals surface area contributed by atoms with Crippen LogP contribution in [0.5, 0.6) is 0 Å². The molecule has 0 aliphatic carbocycles. The second-order valence-electron chi connectivity index (χ2n) is 23.6. The van der Waals surface area contributed by atoms with Crippen molar-refractivity contribution in [2.45, 2.75) is 216 Å². The summed E-state index contributed by atoms with van der Waals surface area (Å²) < 4.78 is 59.2. The summed E-state index contributed by atoms with van der Waals surface area (Å²) in [7, 11) is 6.80. The number of hydrogen-bond acceptors (Lipinski definition) is 20. The third-order valence-corrected chi connectivity index (χ3v) is 17.4. The van der Waals surface area contributed by atoms with Gasteiger partial charge in [-0.25, -0.2) is 4.39 Å². The lowest BCUT2D eigenvalue weighted by Gasteiger charge is -2.49. The summed E-state index contributed by atoms with van der Waals surface area (Å²) in [4.78, 5) is 20.6. The minimum atomic E-state index is -1.85. The van der Waals surface area contributed by atoms with Crippen molar-refractivity contribution in [3.63, 3.8) is 0 Å². The number of carbonyl (C=O) groups excluding carboxylic acids is 1. The first-order chi connectivity index (χ1) is 35.7. The Labute approximate surface area is 451 Å². The first-order valence-corrected chi connectivity index (χ1v) is 27.6. The standard InChI is InChI=1S/C55H95FN6O14/c1-15-43-55(10,69)48(65)35(6)60(12)28-31(2)25-53(8,68)50(33(4)46(34(5)51(67)74-43)75-44-26-54(9,71-14)49(66)36(7)73-44)76-52-45(64)41(24-32(3)72-52)59(11)22-20-38-29-62(58-57-38)42(27-56)47(70-13)37-16-18-39(19-17-37)61-23-21-40(63)30-61/h16-19,29,31-36,40-50,52,57-58,63-66,68-69H,15,20-28,30H2,1-14H3/t31-,32-,33+,34-,35-,36+,40+,41+,42-,43-,44+,45-,46+,47-,48-,49+,50-,52+,53-,54-,55-/m1/s1. The third kappa shape index (κ3) is 14.2. The Morgan fingerprint density at radius 2 is 1.63 bits per heavy atom. The smallest absolute Gasteiger partial charge is 0.311 e.